The fourth-order valence-corrected chi connectivity index (χ4v) is 4.54. The van der Waals surface area contributed by atoms with Crippen molar-refractivity contribution in [1.29, 1.82) is 0 Å². The molecule has 0 N–H and O–H groups in total. The van der Waals surface area contributed by atoms with Gasteiger partial charge in [0.1, 0.15) is 0 Å². The van der Waals surface area contributed by atoms with Gasteiger partial charge in [0.15, 0.2) is 0 Å². The van der Waals surface area contributed by atoms with E-state index in [1.165, 1.54) is 72.8 Å². The van der Waals surface area contributed by atoms with E-state index >= 15 is 0 Å². The average Bonchev–Trinajstić information content (AvgIpc) is 3.90. The SMILES string of the molecule is O=[N+]([O-])c1ccc(-c2nnc(-c3cc(-c4nnc(-c5ccc([N+](=O)[O-])cc5)o4)cc(-c4nnc(-c5ccc([N+](=O)[O-])cc5)o4)c3)o2)cc1. The molecule has 48 heavy (non-hydrogen) atoms. The molecule has 0 aliphatic heterocycles. The summed E-state index contributed by atoms with van der Waals surface area (Å²) < 4.78 is 17.7. The summed E-state index contributed by atoms with van der Waals surface area (Å²) in [5.74, 6) is 0.500. The van der Waals surface area contributed by atoms with Crippen LogP contribution in [0.15, 0.2) is 104 Å². The summed E-state index contributed by atoms with van der Waals surface area (Å²) >= 11 is 0. The predicted molar refractivity (Wildman–Crippen MR) is 163 cm³/mol. The Hall–Kier alpha value is -7.50. The largest absolute Gasteiger partial charge is 0.416 e. The number of non-ortho nitro benzene ring substituents is 3. The summed E-state index contributed by atoms with van der Waals surface area (Å²) in [7, 11) is 0. The Morgan fingerprint density at radius 1 is 0.354 bits per heavy atom. The topological polar surface area (TPSA) is 246 Å². The molecule has 0 bridgehead atoms. The molecule has 0 saturated heterocycles. The highest BCUT2D eigenvalue weighted by atomic mass is 16.6. The lowest BCUT2D eigenvalue weighted by Gasteiger charge is -2.03. The van der Waals surface area contributed by atoms with Crippen LogP contribution in [0.1, 0.15) is 0 Å². The second kappa shape index (κ2) is 11.8. The third kappa shape index (κ3) is 5.70. The first-order chi connectivity index (χ1) is 23.2. The minimum absolute atomic E-state index is 0.0664. The van der Waals surface area contributed by atoms with Gasteiger partial charge in [-0.2, -0.15) is 0 Å². The van der Waals surface area contributed by atoms with Gasteiger partial charge >= 0.3 is 0 Å². The van der Waals surface area contributed by atoms with Crippen molar-refractivity contribution in [2.75, 3.05) is 0 Å². The van der Waals surface area contributed by atoms with Crippen LogP contribution in [0, 0.1) is 30.3 Å². The Kier molecular flexibility index (Phi) is 7.17. The van der Waals surface area contributed by atoms with Crippen molar-refractivity contribution in [1.82, 2.24) is 30.6 Å². The van der Waals surface area contributed by atoms with E-state index in [-0.39, 0.29) is 52.4 Å². The van der Waals surface area contributed by atoms with Crippen LogP contribution >= 0.6 is 0 Å². The number of aromatic nitrogens is 6. The maximum absolute atomic E-state index is 11.0. The molecule has 4 aromatic carbocycles. The van der Waals surface area contributed by atoms with Crippen molar-refractivity contribution in [3.63, 3.8) is 0 Å². The standard InChI is InChI=1S/C30H15N9O9/c40-37(41)22-7-1-16(2-8-22)25-31-34-28(46-25)19-13-20(29-35-32-26(47-29)17-3-9-23(10-4-17)38(42)43)15-21(14-19)30-36-33-27(48-30)18-5-11-24(12-6-18)39(44)45/h1-15H. The van der Waals surface area contributed by atoms with E-state index in [4.69, 9.17) is 13.3 Å². The number of hydrogen-bond donors (Lipinski definition) is 0. The van der Waals surface area contributed by atoms with E-state index in [2.05, 4.69) is 30.6 Å². The first-order valence-corrected chi connectivity index (χ1v) is 13.6. The maximum Gasteiger partial charge on any atom is 0.269 e. The van der Waals surface area contributed by atoms with Gasteiger partial charge in [-0.15, -0.1) is 30.6 Å². The van der Waals surface area contributed by atoms with Gasteiger partial charge in [0, 0.05) is 69.8 Å². The second-order valence-electron chi connectivity index (χ2n) is 9.95. The summed E-state index contributed by atoms with van der Waals surface area (Å²) in [5.41, 5.74) is 2.19. The minimum atomic E-state index is -0.523. The fourth-order valence-electron chi connectivity index (χ4n) is 4.54. The van der Waals surface area contributed by atoms with Crippen molar-refractivity contribution in [2.45, 2.75) is 0 Å². The molecule has 7 rings (SSSR count). The van der Waals surface area contributed by atoms with Gasteiger partial charge in [0.2, 0.25) is 35.3 Å². The third-order valence-electron chi connectivity index (χ3n) is 6.92. The molecule has 0 unspecified atom stereocenters. The van der Waals surface area contributed by atoms with Crippen LogP contribution in [0.2, 0.25) is 0 Å². The quantitative estimate of drug-likeness (QED) is 0.119. The molecule has 0 saturated carbocycles. The fraction of sp³-hybridized carbons (Fsp3) is 0. The lowest BCUT2D eigenvalue weighted by molar-refractivity contribution is -0.385. The lowest BCUT2D eigenvalue weighted by atomic mass is 10.1. The molecular weight excluding hydrogens is 630 g/mol. The van der Waals surface area contributed by atoms with Crippen molar-refractivity contribution in [2.24, 2.45) is 0 Å². The van der Waals surface area contributed by atoms with E-state index in [0.717, 1.165) is 0 Å². The molecule has 18 nitrogen and oxygen atoms in total. The highest BCUT2D eigenvalue weighted by molar-refractivity contribution is 5.74. The maximum atomic E-state index is 11.0. The molecule has 18 heteroatoms. The van der Waals surface area contributed by atoms with Gasteiger partial charge < -0.3 is 13.3 Å². The third-order valence-corrected chi connectivity index (χ3v) is 6.92. The first kappa shape index (κ1) is 29.2. The average molecular weight is 646 g/mol. The highest BCUT2D eigenvalue weighted by Crippen LogP contribution is 2.35. The smallest absolute Gasteiger partial charge is 0.269 e. The number of nitro groups is 3. The van der Waals surface area contributed by atoms with Crippen LogP contribution in [0.4, 0.5) is 17.1 Å². The lowest BCUT2D eigenvalue weighted by Crippen LogP contribution is -1.87. The zero-order valence-corrected chi connectivity index (χ0v) is 23.9. The van der Waals surface area contributed by atoms with Crippen molar-refractivity contribution < 1.29 is 28.0 Å². The molecule has 7 aromatic rings. The molecule has 0 aliphatic rings. The molecule has 3 aromatic heterocycles. The summed E-state index contributed by atoms with van der Waals surface area (Å²) in [6, 6.07) is 21.7. The molecule has 3 heterocycles. The summed E-state index contributed by atoms with van der Waals surface area (Å²) in [4.78, 5) is 31.6. The Morgan fingerprint density at radius 3 is 0.771 bits per heavy atom. The zero-order valence-electron chi connectivity index (χ0n) is 23.9. The summed E-state index contributed by atoms with van der Waals surface area (Å²) in [5, 5.41) is 57.8. The van der Waals surface area contributed by atoms with Gasteiger partial charge in [-0.1, -0.05) is 0 Å². The number of nitrogens with zero attached hydrogens (tertiary/aromatic N) is 9. The van der Waals surface area contributed by atoms with Gasteiger partial charge in [-0.05, 0) is 54.6 Å². The van der Waals surface area contributed by atoms with Crippen LogP contribution in [0.3, 0.4) is 0 Å². The highest BCUT2D eigenvalue weighted by Gasteiger charge is 2.20. The Bertz CT molecular complexity index is 2060. The van der Waals surface area contributed by atoms with Gasteiger partial charge in [-0.3, -0.25) is 30.3 Å². The van der Waals surface area contributed by atoms with Crippen molar-refractivity contribution in [3.05, 3.63) is 121 Å². The van der Waals surface area contributed by atoms with Crippen molar-refractivity contribution >= 4 is 17.1 Å². The Balaban J connectivity index is 1.28. The van der Waals surface area contributed by atoms with Crippen LogP contribution in [-0.4, -0.2) is 45.4 Å². The summed E-state index contributed by atoms with van der Waals surface area (Å²) in [6.07, 6.45) is 0. The van der Waals surface area contributed by atoms with E-state index in [9.17, 15) is 30.3 Å². The van der Waals surface area contributed by atoms with E-state index < -0.39 is 14.8 Å². The molecule has 0 atom stereocenters. The predicted octanol–water partition coefficient (Wildman–Crippen LogP) is 6.56. The monoisotopic (exact) mass is 645 g/mol. The van der Waals surface area contributed by atoms with Gasteiger partial charge in [0.05, 0.1) is 14.8 Å². The van der Waals surface area contributed by atoms with Crippen LogP contribution < -0.4 is 0 Å². The number of rotatable bonds is 9. The second-order valence-corrected chi connectivity index (χ2v) is 9.95. The minimum Gasteiger partial charge on any atom is -0.416 e. The number of nitro benzene ring substituents is 3. The molecule has 234 valence electrons. The molecule has 0 radical (unpaired) electrons. The van der Waals surface area contributed by atoms with E-state index in [1.54, 1.807) is 18.2 Å². The molecule has 0 spiro atoms. The van der Waals surface area contributed by atoms with Crippen molar-refractivity contribution in [3.8, 4) is 68.7 Å². The van der Waals surface area contributed by atoms with Gasteiger partial charge in [-0.25, -0.2) is 0 Å². The zero-order chi connectivity index (χ0) is 33.4. The first-order valence-electron chi connectivity index (χ1n) is 13.6. The van der Waals surface area contributed by atoms with E-state index in [0.29, 0.717) is 33.4 Å². The number of hydrogen-bond acceptors (Lipinski definition) is 15. The Morgan fingerprint density at radius 2 is 0.562 bits per heavy atom. The molecule has 0 aliphatic carbocycles. The number of benzene rings is 4. The Labute approximate surface area is 265 Å². The normalized spacial score (nSPS) is 11.0. The van der Waals surface area contributed by atoms with E-state index in [1.807, 2.05) is 0 Å². The molecular formula is C30H15N9O9. The van der Waals surface area contributed by atoms with Crippen LogP contribution in [0.25, 0.3) is 68.7 Å². The molecule has 0 amide bonds. The summed E-state index contributed by atoms with van der Waals surface area (Å²) in [6.45, 7) is 0. The van der Waals surface area contributed by atoms with Gasteiger partial charge in [0.25, 0.3) is 17.1 Å². The molecule has 0 fully saturated rings. The van der Waals surface area contributed by atoms with Crippen LogP contribution in [0.5, 0.6) is 0 Å². The van der Waals surface area contributed by atoms with Crippen LogP contribution in [-0.2, 0) is 0 Å².